The molecule has 1 N–H and O–H groups in total. The fourth-order valence-electron chi connectivity index (χ4n) is 3.40. The Morgan fingerprint density at radius 2 is 1.94 bits per heavy atom. The standard InChI is InChI=1S/C22H18N2O6S/c1-2-12-7-14-13(8-20(26)29-18(14)9-15(12)25)11-31-22-24-23-21(30-22)19-10-27-16-5-3-4-6-17(16)28-19/h3-9,19,25H,2,10-11H2,1H3. The molecule has 1 atom stereocenters. The molecule has 4 aromatic rings. The van der Waals surface area contributed by atoms with E-state index in [2.05, 4.69) is 10.2 Å². The van der Waals surface area contributed by atoms with E-state index in [0.717, 1.165) is 16.5 Å². The summed E-state index contributed by atoms with van der Waals surface area (Å²) in [4.78, 5) is 12.0. The summed E-state index contributed by atoms with van der Waals surface area (Å²) in [6, 6.07) is 12.2. The van der Waals surface area contributed by atoms with Gasteiger partial charge in [-0.25, -0.2) is 4.79 Å². The van der Waals surface area contributed by atoms with Crippen LogP contribution in [0.2, 0.25) is 0 Å². The molecule has 2 aromatic heterocycles. The Hall–Kier alpha value is -3.46. The molecule has 0 aliphatic carbocycles. The first-order chi connectivity index (χ1) is 15.1. The van der Waals surface area contributed by atoms with Crippen molar-refractivity contribution in [3.63, 3.8) is 0 Å². The highest BCUT2D eigenvalue weighted by Gasteiger charge is 2.27. The predicted molar refractivity (Wildman–Crippen MR) is 113 cm³/mol. The van der Waals surface area contributed by atoms with Crippen molar-refractivity contribution in [2.24, 2.45) is 0 Å². The summed E-state index contributed by atoms with van der Waals surface area (Å²) in [5, 5.41) is 19.4. The first-order valence-corrected chi connectivity index (χ1v) is 10.7. The molecular formula is C22H18N2O6S. The molecule has 0 bridgehead atoms. The number of thioether (sulfide) groups is 1. The number of aromatic hydroxyl groups is 1. The van der Waals surface area contributed by atoms with Crippen molar-refractivity contribution in [3.8, 4) is 17.2 Å². The molecule has 1 unspecified atom stereocenters. The van der Waals surface area contributed by atoms with Crippen molar-refractivity contribution in [2.75, 3.05) is 6.61 Å². The van der Waals surface area contributed by atoms with E-state index in [1.54, 1.807) is 0 Å². The summed E-state index contributed by atoms with van der Waals surface area (Å²) in [7, 11) is 0. The Morgan fingerprint density at radius 1 is 1.10 bits per heavy atom. The number of aryl methyl sites for hydroxylation is 1. The third kappa shape index (κ3) is 3.84. The Labute approximate surface area is 180 Å². The van der Waals surface area contributed by atoms with Crippen LogP contribution in [0.25, 0.3) is 11.0 Å². The molecule has 0 saturated heterocycles. The SMILES string of the molecule is CCc1cc2c(CSc3nnc(C4COc5ccccc5O4)o3)cc(=O)oc2cc1O. The number of phenolic OH excluding ortho intramolecular Hbond substituents is 1. The molecule has 0 spiro atoms. The van der Waals surface area contributed by atoms with E-state index >= 15 is 0 Å². The largest absolute Gasteiger partial charge is 0.508 e. The van der Waals surface area contributed by atoms with Gasteiger partial charge < -0.3 is 23.4 Å². The van der Waals surface area contributed by atoms with Gasteiger partial charge in [-0.3, -0.25) is 0 Å². The maximum absolute atomic E-state index is 12.0. The number of aromatic nitrogens is 2. The second-order valence-electron chi connectivity index (χ2n) is 6.98. The Kier molecular flexibility index (Phi) is 5.03. The summed E-state index contributed by atoms with van der Waals surface area (Å²) in [6.45, 7) is 2.22. The van der Waals surface area contributed by atoms with Crippen molar-refractivity contribution in [3.05, 3.63) is 69.9 Å². The van der Waals surface area contributed by atoms with E-state index in [1.807, 2.05) is 37.3 Å². The summed E-state index contributed by atoms with van der Waals surface area (Å²) < 4.78 is 22.6. The van der Waals surface area contributed by atoms with Crippen molar-refractivity contribution < 1.29 is 23.4 Å². The molecule has 2 aromatic carbocycles. The minimum Gasteiger partial charge on any atom is -0.508 e. The third-order valence-electron chi connectivity index (χ3n) is 4.97. The van der Waals surface area contributed by atoms with Crippen molar-refractivity contribution in [2.45, 2.75) is 30.4 Å². The smallest absolute Gasteiger partial charge is 0.336 e. The van der Waals surface area contributed by atoms with Gasteiger partial charge in [0.25, 0.3) is 11.1 Å². The molecule has 1 aliphatic rings. The predicted octanol–water partition coefficient (Wildman–Crippen LogP) is 4.25. The number of fused-ring (bicyclic) bond motifs is 2. The van der Waals surface area contributed by atoms with Gasteiger partial charge in [0, 0.05) is 23.3 Å². The number of benzene rings is 2. The van der Waals surface area contributed by atoms with Gasteiger partial charge in [-0.2, -0.15) is 0 Å². The number of hydrogen-bond donors (Lipinski definition) is 1. The molecule has 0 saturated carbocycles. The van der Waals surface area contributed by atoms with Crippen molar-refractivity contribution >= 4 is 22.7 Å². The first-order valence-electron chi connectivity index (χ1n) is 9.74. The quantitative estimate of drug-likeness (QED) is 0.361. The molecule has 3 heterocycles. The Bertz CT molecular complexity index is 1320. The summed E-state index contributed by atoms with van der Waals surface area (Å²) in [6.07, 6.45) is 0.170. The lowest BCUT2D eigenvalue weighted by molar-refractivity contribution is 0.0686. The maximum atomic E-state index is 12.0. The molecule has 1 aliphatic heterocycles. The summed E-state index contributed by atoms with van der Waals surface area (Å²) >= 11 is 1.31. The number of nitrogens with zero attached hydrogens (tertiary/aromatic N) is 2. The van der Waals surface area contributed by atoms with E-state index in [9.17, 15) is 9.90 Å². The van der Waals surface area contributed by atoms with Crippen LogP contribution in [0.5, 0.6) is 17.2 Å². The van der Waals surface area contributed by atoms with E-state index in [1.165, 1.54) is 23.9 Å². The van der Waals surface area contributed by atoms with Crippen LogP contribution >= 0.6 is 11.8 Å². The molecule has 5 rings (SSSR count). The summed E-state index contributed by atoms with van der Waals surface area (Å²) in [5.74, 6) is 2.17. The number of rotatable bonds is 5. The molecule has 0 amide bonds. The number of para-hydroxylation sites is 2. The van der Waals surface area contributed by atoms with Gasteiger partial charge in [-0.1, -0.05) is 30.8 Å². The lowest BCUT2D eigenvalue weighted by atomic mass is 10.1. The average Bonchev–Trinajstić information content (AvgIpc) is 3.25. The monoisotopic (exact) mass is 438 g/mol. The lowest BCUT2D eigenvalue weighted by Crippen LogP contribution is -2.21. The zero-order valence-corrected chi connectivity index (χ0v) is 17.3. The van der Waals surface area contributed by atoms with E-state index in [0.29, 0.717) is 40.4 Å². The fraction of sp³-hybridized carbons (Fsp3) is 0.227. The van der Waals surface area contributed by atoms with Gasteiger partial charge in [0.1, 0.15) is 17.9 Å². The van der Waals surface area contributed by atoms with Crippen LogP contribution < -0.4 is 15.1 Å². The molecule has 158 valence electrons. The van der Waals surface area contributed by atoms with E-state index in [4.69, 9.17) is 18.3 Å². The van der Waals surface area contributed by atoms with Gasteiger partial charge in [0.2, 0.25) is 6.10 Å². The van der Waals surface area contributed by atoms with Crippen LogP contribution in [0.1, 0.15) is 30.0 Å². The number of hydrogen-bond acceptors (Lipinski definition) is 9. The average molecular weight is 438 g/mol. The van der Waals surface area contributed by atoms with Gasteiger partial charge in [-0.05, 0) is 35.7 Å². The van der Waals surface area contributed by atoms with Gasteiger partial charge in [0.05, 0.1) is 0 Å². The topological polar surface area (TPSA) is 108 Å². The molecule has 8 nitrogen and oxygen atoms in total. The van der Waals surface area contributed by atoms with Crippen LogP contribution in [-0.4, -0.2) is 21.9 Å². The van der Waals surface area contributed by atoms with Crippen LogP contribution in [0.15, 0.2) is 61.3 Å². The zero-order chi connectivity index (χ0) is 21.4. The highest BCUT2D eigenvalue weighted by Crippen LogP contribution is 2.36. The minimum atomic E-state index is -0.489. The molecule has 0 radical (unpaired) electrons. The van der Waals surface area contributed by atoms with Gasteiger partial charge in [-0.15, -0.1) is 10.2 Å². The number of phenols is 1. The normalized spacial score (nSPS) is 15.3. The van der Waals surface area contributed by atoms with Crippen molar-refractivity contribution in [1.29, 1.82) is 0 Å². The zero-order valence-electron chi connectivity index (χ0n) is 16.5. The minimum absolute atomic E-state index is 0.112. The Morgan fingerprint density at radius 3 is 2.77 bits per heavy atom. The Balaban J connectivity index is 1.35. The second kappa shape index (κ2) is 7.99. The first kappa shape index (κ1) is 19.5. The lowest BCUT2D eigenvalue weighted by Gasteiger charge is -2.23. The van der Waals surface area contributed by atoms with Gasteiger partial charge in [0.15, 0.2) is 11.5 Å². The number of ether oxygens (including phenoxy) is 2. The van der Waals surface area contributed by atoms with Crippen molar-refractivity contribution in [1.82, 2.24) is 10.2 Å². The highest BCUT2D eigenvalue weighted by atomic mass is 32.2. The maximum Gasteiger partial charge on any atom is 0.336 e. The second-order valence-corrected chi connectivity index (χ2v) is 7.91. The molecule has 31 heavy (non-hydrogen) atoms. The molecular weight excluding hydrogens is 420 g/mol. The van der Waals surface area contributed by atoms with Crippen LogP contribution in [0.3, 0.4) is 0 Å². The molecule has 9 heteroatoms. The van der Waals surface area contributed by atoms with Gasteiger partial charge >= 0.3 is 5.63 Å². The third-order valence-corrected chi connectivity index (χ3v) is 5.83. The molecule has 0 fully saturated rings. The fourth-order valence-corrected chi connectivity index (χ4v) is 4.16. The van der Waals surface area contributed by atoms with Crippen LogP contribution in [0, 0.1) is 0 Å². The summed E-state index contributed by atoms with van der Waals surface area (Å²) in [5.41, 5.74) is 1.40. The van der Waals surface area contributed by atoms with E-state index in [-0.39, 0.29) is 12.4 Å². The highest BCUT2D eigenvalue weighted by molar-refractivity contribution is 7.98. The van der Waals surface area contributed by atoms with Crippen LogP contribution in [0.4, 0.5) is 0 Å². The van der Waals surface area contributed by atoms with Crippen LogP contribution in [-0.2, 0) is 12.2 Å². The van der Waals surface area contributed by atoms with E-state index < -0.39 is 11.7 Å².